The molecule has 0 fully saturated rings. The summed E-state index contributed by atoms with van der Waals surface area (Å²) in [4.78, 5) is 6.24. The molecule has 1 aromatic heterocycles. The Hall–Kier alpha value is -3.98. The van der Waals surface area contributed by atoms with Crippen LogP contribution >= 0.6 is 0 Å². The molecule has 6 nitrogen and oxygen atoms in total. The lowest BCUT2D eigenvalue weighted by Crippen LogP contribution is -2.26. The molecule has 3 aromatic carbocycles. The molecule has 0 spiro atoms. The van der Waals surface area contributed by atoms with E-state index in [2.05, 4.69) is 4.98 Å². The molecule has 4 aromatic rings. The van der Waals surface area contributed by atoms with Gasteiger partial charge in [-0.1, -0.05) is 61.9 Å². The zero-order valence-corrected chi connectivity index (χ0v) is 24.0. The number of imidazole rings is 1. The molecule has 9 heteroatoms. The highest BCUT2D eigenvalue weighted by Gasteiger charge is 2.39. The highest BCUT2D eigenvalue weighted by molar-refractivity contribution is 5.57. The number of alkyl halides is 3. The highest BCUT2D eigenvalue weighted by atomic mass is 19.4. The zero-order chi connectivity index (χ0) is 29.5. The normalized spacial score (nSPS) is 13.0. The number of fused-ring (bicyclic) bond motifs is 1. The Morgan fingerprint density at radius 1 is 0.857 bits per heavy atom. The fourth-order valence-electron chi connectivity index (χ4n) is 5.22. The summed E-state index contributed by atoms with van der Waals surface area (Å²) in [5.74, 6) is 2.38. The summed E-state index contributed by atoms with van der Waals surface area (Å²) in [7, 11) is 0. The predicted molar refractivity (Wildman–Crippen MR) is 156 cm³/mol. The lowest BCUT2D eigenvalue weighted by Gasteiger charge is -2.26. The van der Waals surface area contributed by atoms with Crippen LogP contribution in [-0.4, -0.2) is 34.3 Å². The smallest absolute Gasteiger partial charge is 0.435 e. The van der Waals surface area contributed by atoms with E-state index in [1.54, 1.807) is 16.7 Å². The van der Waals surface area contributed by atoms with Gasteiger partial charge < -0.3 is 18.8 Å². The maximum absolute atomic E-state index is 14.6. The fourth-order valence-corrected chi connectivity index (χ4v) is 5.22. The van der Waals surface area contributed by atoms with Crippen LogP contribution in [0.25, 0.3) is 11.4 Å². The molecule has 0 saturated carbocycles. The van der Waals surface area contributed by atoms with Crippen molar-refractivity contribution >= 4 is 0 Å². The Kier molecular flexibility index (Phi) is 9.37. The van der Waals surface area contributed by atoms with Gasteiger partial charge in [-0.3, -0.25) is 4.90 Å². The first-order valence-corrected chi connectivity index (χ1v) is 14.4. The molecule has 0 saturated heterocycles. The Morgan fingerprint density at radius 2 is 1.60 bits per heavy atom. The van der Waals surface area contributed by atoms with Crippen LogP contribution in [0.2, 0.25) is 0 Å². The Bertz CT molecular complexity index is 1470. The minimum absolute atomic E-state index is 0.0473. The Morgan fingerprint density at radius 3 is 2.31 bits per heavy atom. The van der Waals surface area contributed by atoms with Gasteiger partial charge in [0.25, 0.3) is 0 Å². The summed E-state index contributed by atoms with van der Waals surface area (Å²) < 4.78 is 62.6. The van der Waals surface area contributed by atoms with E-state index in [1.165, 1.54) is 0 Å². The number of unbranched alkanes of at least 4 members (excludes halogenated alkanes) is 1. The fraction of sp³-hybridized carbons (Fsp3) is 0.364. The quantitative estimate of drug-likeness (QED) is 0.172. The second-order valence-corrected chi connectivity index (χ2v) is 10.3. The van der Waals surface area contributed by atoms with Crippen LogP contribution in [0.3, 0.4) is 0 Å². The van der Waals surface area contributed by atoms with Crippen LogP contribution in [-0.2, 0) is 32.4 Å². The third-order valence-corrected chi connectivity index (χ3v) is 7.11. The molecule has 1 aliphatic heterocycles. The zero-order valence-electron chi connectivity index (χ0n) is 24.0. The molecular weight excluding hydrogens is 543 g/mol. The minimum atomic E-state index is -4.60. The molecule has 222 valence electrons. The predicted octanol–water partition coefficient (Wildman–Crippen LogP) is 7.74. The standard InChI is InChI=1S/C33H36F3N3O3/c1-3-5-16-39-28(31(33(34,35)36)37-32(39)26-11-7-6-8-12-26)23-38(21-24-10-9-13-27(19-24)40-4-2)22-25-14-15-29-30(20-25)42-18-17-41-29/h6-15,19-20H,3-5,16-18,21-23H2,1-2H3. The third kappa shape index (κ3) is 7.07. The van der Waals surface area contributed by atoms with Crippen LogP contribution < -0.4 is 14.2 Å². The van der Waals surface area contributed by atoms with Crippen molar-refractivity contribution in [3.63, 3.8) is 0 Å². The van der Waals surface area contributed by atoms with E-state index in [0.717, 1.165) is 29.7 Å². The van der Waals surface area contributed by atoms with Crippen LogP contribution in [0.1, 0.15) is 49.2 Å². The molecule has 0 aliphatic carbocycles. The first-order chi connectivity index (χ1) is 20.4. The second-order valence-electron chi connectivity index (χ2n) is 10.3. The monoisotopic (exact) mass is 579 g/mol. The molecule has 0 unspecified atom stereocenters. The molecular formula is C33H36F3N3O3. The van der Waals surface area contributed by atoms with E-state index >= 15 is 0 Å². The van der Waals surface area contributed by atoms with Crippen LogP contribution in [0.15, 0.2) is 72.8 Å². The first kappa shape index (κ1) is 29.5. The number of aromatic nitrogens is 2. The Balaban J connectivity index is 1.56. The summed E-state index contributed by atoms with van der Waals surface area (Å²) in [5, 5.41) is 0. The number of hydrogen-bond acceptors (Lipinski definition) is 5. The van der Waals surface area contributed by atoms with Crippen molar-refractivity contribution in [3.05, 3.63) is 95.3 Å². The van der Waals surface area contributed by atoms with Gasteiger partial charge in [0.05, 0.1) is 12.3 Å². The minimum Gasteiger partial charge on any atom is -0.494 e. The summed E-state index contributed by atoms with van der Waals surface area (Å²) in [6.07, 6.45) is -3.02. The highest BCUT2D eigenvalue weighted by Crippen LogP contribution is 2.37. The van der Waals surface area contributed by atoms with Crippen molar-refractivity contribution < 1.29 is 27.4 Å². The molecule has 42 heavy (non-hydrogen) atoms. The number of hydrogen-bond donors (Lipinski definition) is 0. The molecule has 0 atom stereocenters. The summed E-state index contributed by atoms with van der Waals surface area (Å²) in [5.41, 5.74) is 1.83. The summed E-state index contributed by atoms with van der Waals surface area (Å²) >= 11 is 0. The van der Waals surface area contributed by atoms with E-state index in [0.29, 0.717) is 62.3 Å². The maximum Gasteiger partial charge on any atom is 0.435 e. The molecule has 0 bridgehead atoms. The topological polar surface area (TPSA) is 48.8 Å². The number of benzene rings is 3. The average molecular weight is 580 g/mol. The van der Waals surface area contributed by atoms with Gasteiger partial charge in [0, 0.05) is 31.7 Å². The molecule has 2 heterocycles. The largest absolute Gasteiger partial charge is 0.494 e. The van der Waals surface area contributed by atoms with Gasteiger partial charge in [-0.05, 0) is 48.7 Å². The van der Waals surface area contributed by atoms with E-state index in [-0.39, 0.29) is 12.2 Å². The molecule has 0 N–H and O–H groups in total. The van der Waals surface area contributed by atoms with Gasteiger partial charge in [0.2, 0.25) is 0 Å². The van der Waals surface area contributed by atoms with Gasteiger partial charge >= 0.3 is 6.18 Å². The average Bonchev–Trinajstić information content (AvgIpc) is 3.35. The molecule has 0 amide bonds. The van der Waals surface area contributed by atoms with Gasteiger partial charge in [0.15, 0.2) is 17.2 Å². The number of nitrogens with zero attached hydrogens (tertiary/aromatic N) is 3. The third-order valence-electron chi connectivity index (χ3n) is 7.11. The number of ether oxygens (including phenoxy) is 3. The SMILES string of the molecule is CCCCn1c(-c2ccccc2)nc(C(F)(F)F)c1CN(Cc1cccc(OCC)c1)Cc1ccc2c(c1)OCCO2. The van der Waals surface area contributed by atoms with E-state index in [4.69, 9.17) is 14.2 Å². The van der Waals surface area contributed by atoms with Crippen LogP contribution in [0.5, 0.6) is 17.2 Å². The van der Waals surface area contributed by atoms with E-state index in [1.807, 2.05) is 79.4 Å². The Labute approximate surface area is 244 Å². The van der Waals surface area contributed by atoms with Crippen molar-refractivity contribution in [2.24, 2.45) is 0 Å². The second kappa shape index (κ2) is 13.3. The lowest BCUT2D eigenvalue weighted by molar-refractivity contribution is -0.141. The lowest BCUT2D eigenvalue weighted by atomic mass is 10.1. The van der Waals surface area contributed by atoms with Gasteiger partial charge in [-0.25, -0.2) is 4.98 Å². The van der Waals surface area contributed by atoms with Crippen molar-refractivity contribution in [2.45, 2.75) is 59.0 Å². The van der Waals surface area contributed by atoms with Gasteiger partial charge in [0.1, 0.15) is 24.8 Å². The van der Waals surface area contributed by atoms with Gasteiger partial charge in [-0.2, -0.15) is 13.2 Å². The van der Waals surface area contributed by atoms with E-state index in [9.17, 15) is 13.2 Å². The number of halogens is 3. The number of rotatable bonds is 12. The molecule has 1 aliphatic rings. The van der Waals surface area contributed by atoms with Gasteiger partial charge in [-0.15, -0.1) is 0 Å². The summed E-state index contributed by atoms with van der Waals surface area (Å²) in [6, 6.07) is 22.5. The first-order valence-electron chi connectivity index (χ1n) is 14.4. The summed E-state index contributed by atoms with van der Waals surface area (Å²) in [6.45, 7) is 6.71. The van der Waals surface area contributed by atoms with Crippen molar-refractivity contribution in [2.75, 3.05) is 19.8 Å². The van der Waals surface area contributed by atoms with Crippen molar-refractivity contribution in [3.8, 4) is 28.6 Å². The molecule has 5 rings (SSSR count). The van der Waals surface area contributed by atoms with E-state index < -0.39 is 11.9 Å². The molecule has 0 radical (unpaired) electrons. The van der Waals surface area contributed by atoms with Crippen molar-refractivity contribution in [1.82, 2.24) is 14.5 Å². The van der Waals surface area contributed by atoms with Crippen LogP contribution in [0, 0.1) is 0 Å². The van der Waals surface area contributed by atoms with Crippen LogP contribution in [0.4, 0.5) is 13.2 Å². The maximum atomic E-state index is 14.6. The van der Waals surface area contributed by atoms with Crippen molar-refractivity contribution in [1.29, 1.82) is 0 Å².